The number of nitrogens with zero attached hydrogens (tertiary/aromatic N) is 4. The molecule has 0 saturated heterocycles. The largest absolute Gasteiger partial charge is 0.467 e. The smallest absolute Gasteiger partial charge is 0.406 e. The van der Waals surface area contributed by atoms with Crippen LogP contribution in [0.2, 0.25) is 0 Å². The maximum Gasteiger partial charge on any atom is 0.406 e. The van der Waals surface area contributed by atoms with Gasteiger partial charge in [0.25, 0.3) is 0 Å². The summed E-state index contributed by atoms with van der Waals surface area (Å²) >= 11 is 1.04. The van der Waals surface area contributed by atoms with Crippen molar-refractivity contribution in [3.05, 3.63) is 42.6 Å². The summed E-state index contributed by atoms with van der Waals surface area (Å²) in [6.07, 6.45) is -1.50. The lowest BCUT2D eigenvalue weighted by molar-refractivity contribution is -0.161. The number of carbonyl (C=O) groups excluding carboxylic acids is 1. The van der Waals surface area contributed by atoms with E-state index in [-0.39, 0.29) is 18.1 Å². The Bertz CT molecular complexity index is 713. The number of aromatic nitrogens is 3. The van der Waals surface area contributed by atoms with Crippen molar-refractivity contribution in [3.63, 3.8) is 0 Å². The number of allylic oxidation sites excluding steroid dienone is 1. The van der Waals surface area contributed by atoms with Crippen LogP contribution >= 0.6 is 11.8 Å². The van der Waals surface area contributed by atoms with Gasteiger partial charge in [0, 0.05) is 6.54 Å². The van der Waals surface area contributed by atoms with Crippen LogP contribution < -0.4 is 0 Å². The van der Waals surface area contributed by atoms with E-state index in [0.717, 1.165) is 11.8 Å². The van der Waals surface area contributed by atoms with E-state index in [4.69, 9.17) is 4.42 Å². The van der Waals surface area contributed by atoms with Crippen molar-refractivity contribution in [3.8, 4) is 0 Å². The van der Waals surface area contributed by atoms with Crippen LogP contribution in [0.25, 0.3) is 0 Å². The molecule has 2 rings (SSSR count). The molecule has 0 fully saturated rings. The molecule has 136 valence electrons. The highest BCUT2D eigenvalue weighted by molar-refractivity contribution is 7.99. The van der Waals surface area contributed by atoms with Crippen molar-refractivity contribution in [2.75, 3.05) is 12.3 Å². The quantitative estimate of drug-likeness (QED) is 0.525. The average molecular weight is 374 g/mol. The summed E-state index contributed by atoms with van der Waals surface area (Å²) in [6, 6.07) is 3.08. The Morgan fingerprint density at radius 2 is 2.24 bits per heavy atom. The molecule has 0 aliphatic heterocycles. The molecular formula is C15H17F3N4O2S. The summed E-state index contributed by atoms with van der Waals surface area (Å²) in [5.74, 6) is 0.0712. The second kappa shape index (κ2) is 8.24. The average Bonchev–Trinajstić information content (AvgIpc) is 3.15. The normalized spacial score (nSPS) is 11.5. The third kappa shape index (κ3) is 5.66. The van der Waals surface area contributed by atoms with Crippen molar-refractivity contribution in [1.82, 2.24) is 19.7 Å². The summed E-state index contributed by atoms with van der Waals surface area (Å²) < 4.78 is 45.0. The van der Waals surface area contributed by atoms with Gasteiger partial charge in [0.15, 0.2) is 5.16 Å². The maximum absolute atomic E-state index is 12.8. The lowest BCUT2D eigenvalue weighted by Crippen LogP contribution is -2.39. The van der Waals surface area contributed by atoms with Gasteiger partial charge < -0.3 is 13.9 Å². The van der Waals surface area contributed by atoms with Crippen LogP contribution in [0, 0.1) is 6.92 Å². The molecule has 0 bridgehead atoms. The molecule has 2 aromatic heterocycles. The summed E-state index contributed by atoms with van der Waals surface area (Å²) in [5, 5.41) is 8.29. The highest BCUT2D eigenvalue weighted by Gasteiger charge is 2.33. The highest BCUT2D eigenvalue weighted by Crippen LogP contribution is 2.22. The number of carbonyl (C=O) groups is 1. The third-order valence-electron chi connectivity index (χ3n) is 3.19. The Labute approximate surface area is 146 Å². The first kappa shape index (κ1) is 19.1. The van der Waals surface area contributed by atoms with Crippen molar-refractivity contribution in [2.24, 2.45) is 0 Å². The van der Waals surface area contributed by atoms with E-state index in [2.05, 4.69) is 16.8 Å². The topological polar surface area (TPSA) is 64.2 Å². The van der Waals surface area contributed by atoms with Crippen LogP contribution in [0.5, 0.6) is 0 Å². The molecule has 1 amide bonds. The van der Waals surface area contributed by atoms with E-state index in [1.54, 1.807) is 23.6 Å². The zero-order valence-electron chi connectivity index (χ0n) is 13.5. The minimum atomic E-state index is -4.49. The van der Waals surface area contributed by atoms with Crippen LogP contribution in [-0.2, 0) is 17.9 Å². The van der Waals surface area contributed by atoms with E-state index in [1.165, 1.54) is 12.3 Å². The number of aryl methyl sites for hydroxylation is 1. The Kier molecular flexibility index (Phi) is 6.29. The predicted molar refractivity (Wildman–Crippen MR) is 85.9 cm³/mol. The van der Waals surface area contributed by atoms with Gasteiger partial charge in [-0.25, -0.2) is 0 Å². The molecule has 0 unspecified atom stereocenters. The second-order valence-corrected chi connectivity index (χ2v) is 6.10. The SMILES string of the molecule is C=CCn1c(C)nnc1SCC(=O)N(Cc1ccco1)CC(F)(F)F. The molecule has 0 N–H and O–H groups in total. The van der Waals surface area contributed by atoms with Crippen molar-refractivity contribution in [1.29, 1.82) is 0 Å². The van der Waals surface area contributed by atoms with E-state index in [9.17, 15) is 18.0 Å². The van der Waals surface area contributed by atoms with Gasteiger partial charge in [-0.3, -0.25) is 4.79 Å². The fourth-order valence-electron chi connectivity index (χ4n) is 2.06. The van der Waals surface area contributed by atoms with Gasteiger partial charge in [-0.1, -0.05) is 17.8 Å². The van der Waals surface area contributed by atoms with Gasteiger partial charge in [0.05, 0.1) is 18.6 Å². The highest BCUT2D eigenvalue weighted by atomic mass is 32.2. The van der Waals surface area contributed by atoms with Crippen LogP contribution in [0.3, 0.4) is 0 Å². The second-order valence-electron chi connectivity index (χ2n) is 5.16. The van der Waals surface area contributed by atoms with Gasteiger partial charge in [-0.2, -0.15) is 13.2 Å². The number of thioether (sulfide) groups is 1. The first-order valence-corrected chi connectivity index (χ1v) is 8.29. The number of hydrogen-bond acceptors (Lipinski definition) is 5. The minimum absolute atomic E-state index is 0.188. The maximum atomic E-state index is 12.8. The lowest BCUT2D eigenvalue weighted by Gasteiger charge is -2.22. The summed E-state index contributed by atoms with van der Waals surface area (Å²) in [7, 11) is 0. The number of halogens is 3. The Morgan fingerprint density at radius 1 is 1.48 bits per heavy atom. The van der Waals surface area contributed by atoms with Crippen LogP contribution in [0.15, 0.2) is 40.6 Å². The number of furan rings is 1. The van der Waals surface area contributed by atoms with Gasteiger partial charge >= 0.3 is 6.18 Å². The Balaban J connectivity index is 2.04. The fraction of sp³-hybridized carbons (Fsp3) is 0.400. The zero-order chi connectivity index (χ0) is 18.4. The lowest BCUT2D eigenvalue weighted by atomic mass is 10.3. The third-order valence-corrected chi connectivity index (χ3v) is 4.14. The molecule has 2 heterocycles. The van der Waals surface area contributed by atoms with Gasteiger partial charge in [0.1, 0.15) is 18.1 Å². The molecule has 0 saturated carbocycles. The van der Waals surface area contributed by atoms with Gasteiger partial charge in [-0.15, -0.1) is 16.8 Å². The molecule has 0 radical (unpaired) electrons. The molecule has 0 spiro atoms. The molecule has 25 heavy (non-hydrogen) atoms. The molecule has 10 heteroatoms. The first-order valence-electron chi connectivity index (χ1n) is 7.30. The Morgan fingerprint density at radius 3 is 2.84 bits per heavy atom. The van der Waals surface area contributed by atoms with Crippen LogP contribution in [-0.4, -0.2) is 44.0 Å². The van der Waals surface area contributed by atoms with Gasteiger partial charge in [0.2, 0.25) is 5.91 Å². The van der Waals surface area contributed by atoms with E-state index < -0.39 is 18.6 Å². The minimum Gasteiger partial charge on any atom is -0.467 e. The number of amides is 1. The summed E-state index contributed by atoms with van der Waals surface area (Å²) in [5.41, 5.74) is 0. The zero-order valence-corrected chi connectivity index (χ0v) is 14.3. The molecule has 2 aromatic rings. The molecule has 6 nitrogen and oxygen atoms in total. The number of hydrogen-bond donors (Lipinski definition) is 0. The van der Waals surface area contributed by atoms with E-state index in [0.29, 0.717) is 22.4 Å². The van der Waals surface area contributed by atoms with Crippen molar-refractivity contribution < 1.29 is 22.4 Å². The monoisotopic (exact) mass is 374 g/mol. The molecular weight excluding hydrogens is 357 g/mol. The number of alkyl halides is 3. The van der Waals surface area contributed by atoms with Crippen LogP contribution in [0.1, 0.15) is 11.6 Å². The van der Waals surface area contributed by atoms with Crippen molar-refractivity contribution >= 4 is 17.7 Å². The Hall–Kier alpha value is -2.23. The van der Waals surface area contributed by atoms with Crippen LogP contribution in [0.4, 0.5) is 13.2 Å². The summed E-state index contributed by atoms with van der Waals surface area (Å²) in [4.78, 5) is 13.0. The fourth-order valence-corrected chi connectivity index (χ4v) is 2.96. The summed E-state index contributed by atoms with van der Waals surface area (Å²) in [6.45, 7) is 4.24. The van der Waals surface area contributed by atoms with Gasteiger partial charge in [-0.05, 0) is 19.1 Å². The van der Waals surface area contributed by atoms with E-state index >= 15 is 0 Å². The standard InChI is InChI=1S/C15H17F3N4O2S/c1-3-6-22-11(2)19-20-14(22)25-9-13(23)21(10-15(16,17)18)8-12-5-4-7-24-12/h3-5,7H,1,6,8-10H2,2H3. The number of rotatable bonds is 8. The van der Waals surface area contributed by atoms with Crippen molar-refractivity contribution in [2.45, 2.75) is 31.3 Å². The predicted octanol–water partition coefficient (Wildman–Crippen LogP) is 3.05. The molecule has 0 aliphatic carbocycles. The first-order chi connectivity index (χ1) is 11.8. The molecule has 0 atom stereocenters. The molecule has 0 aromatic carbocycles. The van der Waals surface area contributed by atoms with E-state index in [1.807, 2.05) is 0 Å². The molecule has 0 aliphatic rings.